The third-order valence-electron chi connectivity index (χ3n) is 12.3. The smallest absolute Gasteiger partial charge is 0.0462 e. The van der Waals surface area contributed by atoms with E-state index < -0.39 is 0 Å². The molecule has 0 atom stereocenters. The predicted octanol–water partition coefficient (Wildman–Crippen LogP) is 14.8. The molecule has 0 radical (unpaired) electrons. The Morgan fingerprint density at radius 2 is 0.709 bits per heavy atom. The predicted molar refractivity (Wildman–Crippen MR) is 233 cm³/mol. The highest BCUT2D eigenvalue weighted by atomic mass is 15.1. The van der Waals surface area contributed by atoms with Gasteiger partial charge in [-0.2, -0.15) is 0 Å². The van der Waals surface area contributed by atoms with Gasteiger partial charge in [-0.1, -0.05) is 167 Å². The van der Waals surface area contributed by atoms with Crippen molar-refractivity contribution < 1.29 is 0 Å². The molecule has 10 rings (SSSR count). The van der Waals surface area contributed by atoms with Gasteiger partial charge in [-0.05, 0) is 126 Å². The summed E-state index contributed by atoms with van der Waals surface area (Å²) >= 11 is 0. The number of para-hydroxylation sites is 1. The Balaban J connectivity index is 0.978. The average Bonchev–Trinajstić information content (AvgIpc) is 3.60. The molecular weight excluding hydrogens is 663 g/mol. The van der Waals surface area contributed by atoms with Crippen LogP contribution in [0.1, 0.15) is 49.9 Å². The van der Waals surface area contributed by atoms with E-state index in [0.29, 0.717) is 0 Å². The van der Waals surface area contributed by atoms with Gasteiger partial charge in [0.25, 0.3) is 0 Å². The van der Waals surface area contributed by atoms with Gasteiger partial charge in [0, 0.05) is 27.9 Å². The zero-order valence-electron chi connectivity index (χ0n) is 31.8. The van der Waals surface area contributed by atoms with Crippen molar-refractivity contribution in [3.05, 3.63) is 210 Å². The van der Waals surface area contributed by atoms with Gasteiger partial charge in [0.15, 0.2) is 0 Å². The minimum Gasteiger partial charge on any atom is -0.311 e. The first-order valence-electron chi connectivity index (χ1n) is 19.4. The van der Waals surface area contributed by atoms with E-state index in [4.69, 9.17) is 0 Å². The van der Waals surface area contributed by atoms with Crippen molar-refractivity contribution in [3.63, 3.8) is 0 Å². The Morgan fingerprint density at radius 3 is 1.35 bits per heavy atom. The fourth-order valence-corrected chi connectivity index (χ4v) is 9.32. The second-order valence-corrected chi connectivity index (χ2v) is 16.2. The van der Waals surface area contributed by atoms with Crippen LogP contribution < -0.4 is 4.90 Å². The van der Waals surface area contributed by atoms with Gasteiger partial charge in [-0.15, -0.1) is 0 Å². The van der Waals surface area contributed by atoms with E-state index in [1.54, 1.807) is 0 Å². The summed E-state index contributed by atoms with van der Waals surface area (Å²) in [5, 5.41) is 0. The van der Waals surface area contributed by atoms with E-state index in [0.717, 1.165) is 17.1 Å². The highest BCUT2D eigenvalue weighted by Crippen LogP contribution is 2.57. The van der Waals surface area contributed by atoms with E-state index in [-0.39, 0.29) is 10.8 Å². The molecule has 0 N–H and O–H groups in total. The Bertz CT molecular complexity index is 2700. The Kier molecular flexibility index (Phi) is 7.58. The Morgan fingerprint density at radius 1 is 0.291 bits per heavy atom. The molecule has 1 heteroatoms. The highest BCUT2D eigenvalue weighted by Gasteiger charge is 2.42. The molecule has 0 spiro atoms. The molecule has 0 unspecified atom stereocenters. The van der Waals surface area contributed by atoms with E-state index in [9.17, 15) is 0 Å². The number of fused-ring (bicyclic) bond motifs is 6. The van der Waals surface area contributed by atoms with Crippen LogP contribution in [0, 0.1) is 0 Å². The third-order valence-corrected chi connectivity index (χ3v) is 12.3. The molecule has 0 aliphatic heterocycles. The maximum atomic E-state index is 2.52. The van der Waals surface area contributed by atoms with Crippen LogP contribution in [0.5, 0.6) is 0 Å². The van der Waals surface area contributed by atoms with Gasteiger partial charge < -0.3 is 4.90 Å². The zero-order chi connectivity index (χ0) is 37.3. The summed E-state index contributed by atoms with van der Waals surface area (Å²) in [6.07, 6.45) is 0. The third kappa shape index (κ3) is 5.29. The monoisotopic (exact) mass is 705 g/mol. The molecular formula is C54H43N. The van der Waals surface area contributed by atoms with Crippen LogP contribution >= 0.6 is 0 Å². The molecule has 2 aliphatic rings. The molecule has 0 amide bonds. The van der Waals surface area contributed by atoms with Gasteiger partial charge in [0.2, 0.25) is 0 Å². The summed E-state index contributed by atoms with van der Waals surface area (Å²) in [5.41, 5.74) is 21.9. The van der Waals surface area contributed by atoms with Crippen LogP contribution in [0.3, 0.4) is 0 Å². The number of benzene rings is 8. The molecule has 0 saturated heterocycles. The fraction of sp³-hybridized carbons (Fsp3) is 0.111. The van der Waals surface area contributed by atoms with Crippen LogP contribution in [-0.2, 0) is 10.8 Å². The van der Waals surface area contributed by atoms with Crippen LogP contribution in [0.15, 0.2) is 188 Å². The maximum absolute atomic E-state index is 2.52. The minimum absolute atomic E-state index is 0.0366. The van der Waals surface area contributed by atoms with Gasteiger partial charge in [0.05, 0.1) is 0 Å². The summed E-state index contributed by atoms with van der Waals surface area (Å²) in [4.78, 5) is 2.33. The number of rotatable bonds is 6. The standard InChI is InChI=1S/C54H43N/c1-53(2)48-20-12-11-18-45(48)46-34-51-47(35-50(46)53)52-44(19-13-21-49(52)54(51,3)4)40-24-22-37(23-25-40)39-28-32-43(33-29-39)55(41-16-9-6-10-17-41)42-30-26-38(27-31-42)36-14-7-5-8-15-36/h5-35H,1-4H3. The summed E-state index contributed by atoms with van der Waals surface area (Å²) < 4.78 is 0. The number of anilines is 3. The maximum Gasteiger partial charge on any atom is 0.0462 e. The summed E-state index contributed by atoms with van der Waals surface area (Å²) in [6, 6.07) is 69.1. The van der Waals surface area contributed by atoms with Gasteiger partial charge in [-0.3, -0.25) is 0 Å². The molecule has 1 nitrogen and oxygen atoms in total. The van der Waals surface area contributed by atoms with Crippen molar-refractivity contribution in [2.45, 2.75) is 38.5 Å². The lowest BCUT2D eigenvalue weighted by Gasteiger charge is -2.26. The number of hydrogen-bond donors (Lipinski definition) is 0. The Hall–Kier alpha value is -6.44. The Labute approximate surface area is 325 Å². The first kappa shape index (κ1) is 33.2. The van der Waals surface area contributed by atoms with Crippen molar-refractivity contribution in [1.82, 2.24) is 0 Å². The van der Waals surface area contributed by atoms with Crippen molar-refractivity contribution in [3.8, 4) is 55.6 Å². The largest absolute Gasteiger partial charge is 0.311 e. The molecule has 0 heterocycles. The van der Waals surface area contributed by atoms with E-state index in [1.807, 2.05) is 0 Å². The molecule has 8 aromatic rings. The van der Waals surface area contributed by atoms with Crippen molar-refractivity contribution in [1.29, 1.82) is 0 Å². The van der Waals surface area contributed by atoms with Crippen LogP contribution in [-0.4, -0.2) is 0 Å². The average molecular weight is 706 g/mol. The molecule has 0 aromatic heterocycles. The molecule has 8 aromatic carbocycles. The lowest BCUT2D eigenvalue weighted by Crippen LogP contribution is -2.16. The second kappa shape index (κ2) is 12.6. The van der Waals surface area contributed by atoms with E-state index >= 15 is 0 Å². The molecule has 55 heavy (non-hydrogen) atoms. The molecule has 0 fully saturated rings. The molecule has 264 valence electrons. The van der Waals surface area contributed by atoms with E-state index in [2.05, 4.69) is 221 Å². The highest BCUT2D eigenvalue weighted by molar-refractivity contribution is 5.96. The summed E-state index contributed by atoms with van der Waals surface area (Å²) in [7, 11) is 0. The first-order chi connectivity index (χ1) is 26.8. The van der Waals surface area contributed by atoms with Gasteiger partial charge >= 0.3 is 0 Å². The number of nitrogens with zero attached hydrogens (tertiary/aromatic N) is 1. The lowest BCUT2D eigenvalue weighted by atomic mass is 9.79. The fourth-order valence-electron chi connectivity index (χ4n) is 9.32. The lowest BCUT2D eigenvalue weighted by molar-refractivity contribution is 0.652. The second-order valence-electron chi connectivity index (χ2n) is 16.2. The molecule has 0 saturated carbocycles. The topological polar surface area (TPSA) is 3.24 Å². The number of hydrogen-bond acceptors (Lipinski definition) is 1. The van der Waals surface area contributed by atoms with Crippen molar-refractivity contribution >= 4 is 17.1 Å². The van der Waals surface area contributed by atoms with Crippen molar-refractivity contribution in [2.75, 3.05) is 4.90 Å². The van der Waals surface area contributed by atoms with Crippen LogP contribution in [0.4, 0.5) is 17.1 Å². The normalized spacial score (nSPS) is 14.1. The van der Waals surface area contributed by atoms with Crippen molar-refractivity contribution in [2.24, 2.45) is 0 Å². The molecule has 0 bridgehead atoms. The van der Waals surface area contributed by atoms with Gasteiger partial charge in [0.1, 0.15) is 0 Å². The minimum atomic E-state index is -0.0867. The first-order valence-corrected chi connectivity index (χ1v) is 19.4. The molecule has 2 aliphatic carbocycles. The van der Waals surface area contributed by atoms with Crippen LogP contribution in [0.25, 0.3) is 55.6 Å². The quantitative estimate of drug-likeness (QED) is 0.166. The summed E-state index contributed by atoms with van der Waals surface area (Å²) in [6.45, 7) is 9.55. The van der Waals surface area contributed by atoms with E-state index in [1.165, 1.54) is 77.9 Å². The van der Waals surface area contributed by atoms with Gasteiger partial charge in [-0.25, -0.2) is 0 Å². The van der Waals surface area contributed by atoms with Crippen LogP contribution in [0.2, 0.25) is 0 Å². The SMILES string of the molecule is CC1(C)c2ccccc2-c2cc3c(cc21)-c1c(-c2ccc(-c4ccc(N(c5ccccc5)c5ccc(-c6ccccc6)cc5)cc4)cc2)cccc1C3(C)C. The summed E-state index contributed by atoms with van der Waals surface area (Å²) in [5.74, 6) is 0. The zero-order valence-corrected chi connectivity index (χ0v) is 31.8.